The third-order valence-corrected chi connectivity index (χ3v) is 1.37. The first-order valence-corrected chi connectivity index (χ1v) is 3.78. The van der Waals surface area contributed by atoms with Gasteiger partial charge in [-0.05, 0) is 13.1 Å². The molecule has 0 fully saturated rings. The number of hydrogen-bond donors (Lipinski definition) is 2. The third kappa shape index (κ3) is 2.73. The predicted molar refractivity (Wildman–Crippen MR) is 49.4 cm³/mol. The van der Waals surface area contributed by atoms with Crippen molar-refractivity contribution in [3.63, 3.8) is 0 Å². The molecule has 1 aromatic heterocycles. The second-order valence-corrected chi connectivity index (χ2v) is 2.42. The lowest BCUT2D eigenvalue weighted by atomic mass is 10.3. The van der Waals surface area contributed by atoms with Crippen LogP contribution in [-0.2, 0) is 0 Å². The molecule has 0 spiro atoms. The molecule has 4 heteroatoms. The van der Waals surface area contributed by atoms with Crippen LogP contribution in [0.15, 0.2) is 12.3 Å². The second kappa shape index (κ2) is 4.43. The number of nitrogens with one attached hydrogen (secondary N) is 1. The maximum absolute atomic E-state index is 12.8. The van der Waals surface area contributed by atoms with E-state index < -0.39 is 5.82 Å². The van der Waals surface area contributed by atoms with Gasteiger partial charge >= 0.3 is 0 Å². The van der Waals surface area contributed by atoms with Crippen LogP contribution in [0.3, 0.4) is 0 Å². The average molecular weight is 179 g/mol. The van der Waals surface area contributed by atoms with E-state index in [0.717, 1.165) is 0 Å². The van der Waals surface area contributed by atoms with Crippen LogP contribution in [0.2, 0.25) is 0 Å². The number of nitrogen functional groups attached to an aromatic ring is 1. The topological polar surface area (TPSA) is 50.9 Å². The Hall–Kier alpha value is -1.60. The monoisotopic (exact) mass is 179 g/mol. The van der Waals surface area contributed by atoms with Gasteiger partial charge in [-0.15, -0.1) is 0 Å². The van der Waals surface area contributed by atoms with Gasteiger partial charge in [0.25, 0.3) is 0 Å². The van der Waals surface area contributed by atoms with E-state index in [1.54, 1.807) is 7.05 Å². The van der Waals surface area contributed by atoms with E-state index in [0.29, 0.717) is 12.1 Å². The van der Waals surface area contributed by atoms with Gasteiger partial charge in [-0.1, -0.05) is 11.8 Å². The molecule has 0 saturated carbocycles. The molecule has 0 radical (unpaired) electrons. The van der Waals surface area contributed by atoms with Crippen molar-refractivity contribution in [1.82, 2.24) is 10.3 Å². The molecule has 3 N–H and O–H groups in total. The Morgan fingerprint density at radius 3 is 3.08 bits per heavy atom. The Morgan fingerprint density at radius 2 is 2.46 bits per heavy atom. The van der Waals surface area contributed by atoms with Crippen molar-refractivity contribution in [2.45, 2.75) is 0 Å². The first-order valence-electron chi connectivity index (χ1n) is 3.78. The van der Waals surface area contributed by atoms with Crippen molar-refractivity contribution in [1.29, 1.82) is 0 Å². The quantitative estimate of drug-likeness (QED) is 0.612. The van der Waals surface area contributed by atoms with Crippen LogP contribution in [0, 0.1) is 17.7 Å². The summed E-state index contributed by atoms with van der Waals surface area (Å²) in [6.45, 7) is 0.562. The number of aromatic nitrogens is 1. The number of anilines is 1. The molecule has 0 saturated heterocycles. The minimum Gasteiger partial charge on any atom is -0.381 e. The molecule has 0 aliphatic heterocycles. The summed E-state index contributed by atoms with van der Waals surface area (Å²) in [5, 5.41) is 2.85. The lowest BCUT2D eigenvalue weighted by Gasteiger charge is -1.94. The molecule has 0 aromatic carbocycles. The summed E-state index contributed by atoms with van der Waals surface area (Å²) in [4.78, 5) is 3.64. The molecule has 0 unspecified atom stereocenters. The maximum atomic E-state index is 12.8. The summed E-state index contributed by atoms with van der Waals surface area (Å²) in [7, 11) is 1.79. The fourth-order valence-electron chi connectivity index (χ4n) is 0.751. The largest absolute Gasteiger partial charge is 0.381 e. The Labute approximate surface area is 76.2 Å². The van der Waals surface area contributed by atoms with E-state index in [2.05, 4.69) is 22.1 Å². The number of nitrogens with two attached hydrogens (primary N) is 1. The van der Waals surface area contributed by atoms with Crippen molar-refractivity contribution in [3.05, 3.63) is 23.6 Å². The van der Waals surface area contributed by atoms with Crippen LogP contribution in [-0.4, -0.2) is 18.6 Å². The summed E-state index contributed by atoms with van der Waals surface area (Å²) in [5.74, 6) is 4.90. The zero-order valence-corrected chi connectivity index (χ0v) is 7.26. The van der Waals surface area contributed by atoms with Crippen LogP contribution < -0.4 is 11.1 Å². The molecule has 0 aliphatic rings. The highest BCUT2D eigenvalue weighted by molar-refractivity contribution is 5.39. The highest BCUT2D eigenvalue weighted by Gasteiger charge is 1.98. The van der Waals surface area contributed by atoms with E-state index in [4.69, 9.17) is 5.73 Å². The van der Waals surface area contributed by atoms with E-state index in [1.807, 2.05) is 0 Å². The van der Waals surface area contributed by atoms with E-state index >= 15 is 0 Å². The Morgan fingerprint density at radius 1 is 1.69 bits per heavy atom. The van der Waals surface area contributed by atoms with Gasteiger partial charge in [0.15, 0.2) is 11.6 Å². The molecule has 0 amide bonds. The van der Waals surface area contributed by atoms with Crippen LogP contribution in [0.4, 0.5) is 10.2 Å². The fourth-order valence-corrected chi connectivity index (χ4v) is 0.751. The van der Waals surface area contributed by atoms with Crippen molar-refractivity contribution >= 4 is 5.82 Å². The number of hydrogen-bond acceptors (Lipinski definition) is 3. The van der Waals surface area contributed by atoms with Gasteiger partial charge in [-0.25, -0.2) is 9.37 Å². The lowest BCUT2D eigenvalue weighted by molar-refractivity contribution is 0.626. The van der Waals surface area contributed by atoms with Gasteiger partial charge in [0, 0.05) is 11.8 Å². The molecule has 1 rings (SSSR count). The van der Waals surface area contributed by atoms with Gasteiger partial charge < -0.3 is 11.1 Å². The molecule has 1 heterocycles. The lowest BCUT2D eigenvalue weighted by Crippen LogP contribution is -2.04. The Balaban J connectivity index is 2.81. The smallest absolute Gasteiger partial charge is 0.166 e. The van der Waals surface area contributed by atoms with Gasteiger partial charge in [0.2, 0.25) is 0 Å². The maximum Gasteiger partial charge on any atom is 0.166 e. The highest BCUT2D eigenvalue weighted by atomic mass is 19.1. The molecule has 0 bridgehead atoms. The molecule has 3 nitrogen and oxygen atoms in total. The standard InChI is InChI=1S/C9H10FN3/c1-12-4-2-3-7-5-8(10)9(11)13-6-7/h5-6,12H,4H2,1H3,(H2,11,13). The zero-order valence-electron chi connectivity index (χ0n) is 7.26. The van der Waals surface area contributed by atoms with Gasteiger partial charge in [0.1, 0.15) is 0 Å². The summed E-state index contributed by atoms with van der Waals surface area (Å²) in [5.41, 5.74) is 5.73. The van der Waals surface area contributed by atoms with Crippen molar-refractivity contribution in [2.24, 2.45) is 0 Å². The first-order chi connectivity index (χ1) is 6.24. The van der Waals surface area contributed by atoms with Crippen molar-refractivity contribution in [3.8, 4) is 11.8 Å². The SMILES string of the molecule is CNCC#Cc1cnc(N)c(F)c1. The summed E-state index contributed by atoms with van der Waals surface area (Å²) >= 11 is 0. The van der Waals surface area contributed by atoms with Crippen LogP contribution in [0.1, 0.15) is 5.56 Å². The molecule has 68 valence electrons. The Bertz CT molecular complexity index is 352. The normalized spacial score (nSPS) is 9.08. The molecule has 1 aromatic rings. The minimum atomic E-state index is -0.531. The van der Waals surface area contributed by atoms with Crippen LogP contribution >= 0.6 is 0 Å². The number of rotatable bonds is 1. The van der Waals surface area contributed by atoms with E-state index in [1.165, 1.54) is 12.3 Å². The molecular weight excluding hydrogens is 169 g/mol. The predicted octanol–water partition coefficient (Wildman–Crippen LogP) is 0.374. The van der Waals surface area contributed by atoms with Gasteiger partial charge in [-0.2, -0.15) is 0 Å². The fraction of sp³-hybridized carbons (Fsp3) is 0.222. The average Bonchev–Trinajstić information content (AvgIpc) is 2.12. The number of nitrogens with zero attached hydrogens (tertiary/aromatic N) is 1. The Kier molecular flexibility index (Phi) is 3.23. The van der Waals surface area contributed by atoms with Crippen molar-refractivity contribution in [2.75, 3.05) is 19.3 Å². The number of pyridine rings is 1. The third-order valence-electron chi connectivity index (χ3n) is 1.37. The molecule has 0 atom stereocenters. The zero-order chi connectivity index (χ0) is 9.68. The highest BCUT2D eigenvalue weighted by Crippen LogP contribution is 2.06. The summed E-state index contributed by atoms with van der Waals surface area (Å²) in [6.07, 6.45) is 1.45. The molecule has 13 heavy (non-hydrogen) atoms. The van der Waals surface area contributed by atoms with Gasteiger partial charge in [-0.3, -0.25) is 0 Å². The van der Waals surface area contributed by atoms with E-state index in [-0.39, 0.29) is 5.82 Å². The van der Waals surface area contributed by atoms with Crippen molar-refractivity contribution < 1.29 is 4.39 Å². The van der Waals surface area contributed by atoms with Gasteiger partial charge in [0.05, 0.1) is 6.54 Å². The minimum absolute atomic E-state index is 0.0980. The summed E-state index contributed by atoms with van der Waals surface area (Å²) < 4.78 is 12.8. The first kappa shape index (κ1) is 9.49. The number of halogens is 1. The molecule has 0 aliphatic carbocycles. The molecular formula is C9H10FN3. The van der Waals surface area contributed by atoms with Crippen LogP contribution in [0.25, 0.3) is 0 Å². The van der Waals surface area contributed by atoms with Crippen LogP contribution in [0.5, 0.6) is 0 Å². The van der Waals surface area contributed by atoms with E-state index in [9.17, 15) is 4.39 Å². The second-order valence-electron chi connectivity index (χ2n) is 2.42. The summed E-state index contributed by atoms with van der Waals surface area (Å²) in [6, 6.07) is 1.27.